The van der Waals surface area contributed by atoms with Crippen LogP contribution in [0.5, 0.6) is 5.75 Å². The van der Waals surface area contributed by atoms with Crippen LogP contribution in [0.15, 0.2) is 24.3 Å². The van der Waals surface area contributed by atoms with Gasteiger partial charge in [0, 0.05) is 18.9 Å². The Kier molecular flexibility index (Phi) is 10.2. The van der Waals surface area contributed by atoms with Crippen molar-refractivity contribution in [3.63, 3.8) is 0 Å². The Hall–Kier alpha value is -1.59. The second kappa shape index (κ2) is 11.9. The van der Waals surface area contributed by atoms with E-state index in [0.29, 0.717) is 26.4 Å². The van der Waals surface area contributed by atoms with Gasteiger partial charge in [-0.1, -0.05) is 26.2 Å². The number of amides is 1. The molecule has 1 amide bonds. The second-order valence-electron chi connectivity index (χ2n) is 6.14. The van der Waals surface area contributed by atoms with Crippen molar-refractivity contribution < 1.29 is 19.0 Å². The van der Waals surface area contributed by atoms with Crippen LogP contribution in [0.4, 0.5) is 5.69 Å². The molecule has 0 aliphatic rings. The number of nitrogens with one attached hydrogen (secondary N) is 1. The molecule has 5 nitrogen and oxygen atoms in total. The van der Waals surface area contributed by atoms with E-state index in [2.05, 4.69) is 12.2 Å². The van der Waals surface area contributed by atoms with Gasteiger partial charge in [0.2, 0.25) is 0 Å². The van der Waals surface area contributed by atoms with Gasteiger partial charge >= 0.3 is 0 Å². The molecular weight excluding hydrogens is 318 g/mol. The first-order valence-electron chi connectivity index (χ1n) is 9.31. The summed E-state index contributed by atoms with van der Waals surface area (Å²) in [6, 6.07) is 7.37. The first-order chi connectivity index (χ1) is 12.1. The molecule has 0 radical (unpaired) electrons. The first-order valence-corrected chi connectivity index (χ1v) is 9.31. The molecule has 1 N–H and O–H groups in total. The summed E-state index contributed by atoms with van der Waals surface area (Å²) in [6.45, 7) is 10.2. The summed E-state index contributed by atoms with van der Waals surface area (Å²) in [4.78, 5) is 12.7. The Morgan fingerprint density at radius 3 is 2.36 bits per heavy atom. The average Bonchev–Trinajstić information content (AvgIpc) is 2.60. The highest BCUT2D eigenvalue weighted by molar-refractivity contribution is 5.97. The van der Waals surface area contributed by atoms with E-state index in [4.69, 9.17) is 14.2 Å². The van der Waals surface area contributed by atoms with Crippen LogP contribution in [0.2, 0.25) is 0 Å². The summed E-state index contributed by atoms with van der Waals surface area (Å²) in [6.07, 6.45) is 3.92. The number of carbonyl (C=O) groups excluding carboxylic acids is 1. The predicted octanol–water partition coefficient (Wildman–Crippen LogP) is 4.42. The lowest BCUT2D eigenvalue weighted by atomic mass is 9.96. The van der Waals surface area contributed by atoms with Crippen molar-refractivity contribution >= 4 is 11.6 Å². The maximum absolute atomic E-state index is 12.7. The van der Waals surface area contributed by atoms with Gasteiger partial charge in [-0.25, -0.2) is 0 Å². The molecule has 0 fully saturated rings. The highest BCUT2D eigenvalue weighted by Gasteiger charge is 2.33. The van der Waals surface area contributed by atoms with Crippen molar-refractivity contribution in [2.24, 2.45) is 0 Å². The lowest BCUT2D eigenvalue weighted by Crippen LogP contribution is -2.42. The lowest BCUT2D eigenvalue weighted by Gasteiger charge is -2.28. The number of anilines is 1. The third-order valence-corrected chi connectivity index (χ3v) is 4.01. The molecule has 0 aromatic heterocycles. The molecule has 142 valence electrons. The van der Waals surface area contributed by atoms with Gasteiger partial charge in [-0.3, -0.25) is 4.79 Å². The topological polar surface area (TPSA) is 56.8 Å². The Morgan fingerprint density at radius 2 is 1.76 bits per heavy atom. The van der Waals surface area contributed by atoms with Crippen molar-refractivity contribution in [3.8, 4) is 5.75 Å². The number of hydrogen-bond acceptors (Lipinski definition) is 4. The quantitative estimate of drug-likeness (QED) is 0.535. The number of carbonyl (C=O) groups is 1. The first kappa shape index (κ1) is 21.5. The van der Waals surface area contributed by atoms with Crippen LogP contribution in [-0.4, -0.2) is 37.9 Å². The van der Waals surface area contributed by atoms with Crippen LogP contribution < -0.4 is 10.1 Å². The number of ether oxygens (including phenoxy) is 3. The standard InChI is InChI=1S/C20H33NO4/c1-5-8-9-14-20(4,25-7-3)19(22)21-17-10-12-18(13-11-17)24-16-15-23-6-2/h10-13H,5-9,14-16H2,1-4H3,(H,21,22). The average molecular weight is 351 g/mol. The zero-order chi connectivity index (χ0) is 18.5. The summed E-state index contributed by atoms with van der Waals surface area (Å²) in [5.74, 6) is 0.656. The molecule has 1 aromatic rings. The normalized spacial score (nSPS) is 13.3. The summed E-state index contributed by atoms with van der Waals surface area (Å²) in [5.41, 5.74) is -0.0556. The minimum absolute atomic E-state index is 0.101. The fourth-order valence-corrected chi connectivity index (χ4v) is 2.54. The van der Waals surface area contributed by atoms with Crippen LogP contribution in [0.25, 0.3) is 0 Å². The van der Waals surface area contributed by atoms with Gasteiger partial charge in [-0.15, -0.1) is 0 Å². The van der Waals surface area contributed by atoms with Gasteiger partial charge in [0.25, 0.3) is 5.91 Å². The van der Waals surface area contributed by atoms with Crippen LogP contribution in [0.1, 0.15) is 53.4 Å². The SMILES string of the molecule is CCCCCC(C)(OCC)C(=O)Nc1ccc(OCCOCC)cc1. The second-order valence-corrected chi connectivity index (χ2v) is 6.14. The molecule has 1 rings (SSSR count). The highest BCUT2D eigenvalue weighted by atomic mass is 16.5. The van der Waals surface area contributed by atoms with Crippen molar-refractivity contribution in [3.05, 3.63) is 24.3 Å². The Bertz CT molecular complexity index is 489. The van der Waals surface area contributed by atoms with E-state index in [0.717, 1.165) is 37.1 Å². The number of hydrogen-bond donors (Lipinski definition) is 1. The van der Waals surface area contributed by atoms with Crippen molar-refractivity contribution in [2.75, 3.05) is 31.7 Å². The molecule has 0 saturated heterocycles. The molecule has 0 saturated carbocycles. The predicted molar refractivity (Wildman–Crippen MR) is 101 cm³/mol. The van der Waals surface area contributed by atoms with Gasteiger partial charge in [-0.2, -0.15) is 0 Å². The Labute approximate surface area is 152 Å². The lowest BCUT2D eigenvalue weighted by molar-refractivity contribution is -0.139. The molecule has 0 bridgehead atoms. The largest absolute Gasteiger partial charge is 0.491 e. The molecule has 1 aromatic carbocycles. The molecule has 0 aliphatic carbocycles. The highest BCUT2D eigenvalue weighted by Crippen LogP contribution is 2.23. The van der Waals surface area contributed by atoms with Crippen LogP contribution in [0, 0.1) is 0 Å². The fourth-order valence-electron chi connectivity index (χ4n) is 2.54. The minimum Gasteiger partial charge on any atom is -0.491 e. The van der Waals surface area contributed by atoms with Crippen molar-refractivity contribution in [1.82, 2.24) is 0 Å². The molecule has 5 heteroatoms. The smallest absolute Gasteiger partial charge is 0.256 e. The van der Waals surface area contributed by atoms with Crippen molar-refractivity contribution in [2.45, 2.75) is 59.0 Å². The van der Waals surface area contributed by atoms with Gasteiger partial charge in [0.1, 0.15) is 18.0 Å². The van der Waals surface area contributed by atoms with Gasteiger partial charge < -0.3 is 19.5 Å². The molecule has 0 spiro atoms. The molecular formula is C20H33NO4. The van der Waals surface area contributed by atoms with Gasteiger partial charge in [0.05, 0.1) is 6.61 Å². The maximum Gasteiger partial charge on any atom is 0.256 e. The molecule has 1 atom stereocenters. The molecule has 0 aliphatic heterocycles. The van der Waals surface area contributed by atoms with E-state index in [-0.39, 0.29) is 5.91 Å². The Balaban J connectivity index is 2.58. The van der Waals surface area contributed by atoms with Crippen LogP contribution >= 0.6 is 0 Å². The number of unbranched alkanes of at least 4 members (excludes halogenated alkanes) is 2. The number of benzene rings is 1. The van der Waals surface area contributed by atoms with E-state index in [1.807, 2.05) is 45.0 Å². The fraction of sp³-hybridized carbons (Fsp3) is 0.650. The van der Waals surface area contributed by atoms with Gasteiger partial charge in [-0.05, 0) is 51.5 Å². The Morgan fingerprint density at radius 1 is 1.04 bits per heavy atom. The van der Waals surface area contributed by atoms with E-state index in [1.165, 1.54) is 0 Å². The van der Waals surface area contributed by atoms with E-state index in [1.54, 1.807) is 0 Å². The monoisotopic (exact) mass is 351 g/mol. The van der Waals surface area contributed by atoms with Gasteiger partial charge in [0.15, 0.2) is 0 Å². The van der Waals surface area contributed by atoms with Crippen molar-refractivity contribution in [1.29, 1.82) is 0 Å². The third-order valence-electron chi connectivity index (χ3n) is 4.01. The molecule has 0 heterocycles. The van der Waals surface area contributed by atoms with E-state index < -0.39 is 5.60 Å². The van der Waals surface area contributed by atoms with E-state index >= 15 is 0 Å². The summed E-state index contributed by atoms with van der Waals surface area (Å²) in [5, 5.41) is 2.95. The van der Waals surface area contributed by atoms with E-state index in [9.17, 15) is 4.79 Å². The van der Waals surface area contributed by atoms with Crippen LogP contribution in [0.3, 0.4) is 0 Å². The third kappa shape index (κ3) is 7.88. The van der Waals surface area contributed by atoms with Crippen LogP contribution in [-0.2, 0) is 14.3 Å². The minimum atomic E-state index is -0.795. The zero-order valence-corrected chi connectivity index (χ0v) is 16.1. The molecule has 25 heavy (non-hydrogen) atoms. The number of rotatable bonds is 13. The molecule has 1 unspecified atom stereocenters. The zero-order valence-electron chi connectivity index (χ0n) is 16.1. The summed E-state index contributed by atoms with van der Waals surface area (Å²) >= 11 is 0. The summed E-state index contributed by atoms with van der Waals surface area (Å²) < 4.78 is 16.6. The maximum atomic E-state index is 12.7. The summed E-state index contributed by atoms with van der Waals surface area (Å²) in [7, 11) is 0.